The minimum atomic E-state index is -3.52. The molecular formula is C13H21NO4S. The van der Waals surface area contributed by atoms with Gasteiger partial charge in [-0.3, -0.25) is 4.72 Å². The molecule has 0 heterocycles. The molecule has 0 aliphatic carbocycles. The number of phenolic OH excluding ortho intramolecular Hbond substituents is 1. The van der Waals surface area contributed by atoms with Gasteiger partial charge < -0.3 is 9.84 Å². The van der Waals surface area contributed by atoms with Crippen molar-refractivity contribution in [3.05, 3.63) is 23.3 Å². The molecular weight excluding hydrogens is 266 g/mol. The van der Waals surface area contributed by atoms with E-state index >= 15 is 0 Å². The molecule has 0 radical (unpaired) electrons. The zero-order chi connectivity index (χ0) is 14.6. The topological polar surface area (TPSA) is 75.6 Å². The van der Waals surface area contributed by atoms with Gasteiger partial charge in [0.05, 0.1) is 24.2 Å². The first kappa shape index (κ1) is 15.8. The van der Waals surface area contributed by atoms with Gasteiger partial charge in [0.1, 0.15) is 5.75 Å². The highest BCUT2D eigenvalue weighted by Crippen LogP contribution is 2.29. The molecule has 0 spiro atoms. The van der Waals surface area contributed by atoms with Crippen LogP contribution in [0, 0.1) is 13.8 Å². The predicted molar refractivity (Wildman–Crippen MR) is 76.1 cm³/mol. The van der Waals surface area contributed by atoms with Crippen molar-refractivity contribution in [1.29, 1.82) is 0 Å². The quantitative estimate of drug-likeness (QED) is 0.786. The monoisotopic (exact) mass is 287 g/mol. The van der Waals surface area contributed by atoms with Gasteiger partial charge in [-0.2, -0.15) is 0 Å². The first-order valence-corrected chi connectivity index (χ1v) is 7.79. The number of aryl methyl sites for hydroxylation is 2. The van der Waals surface area contributed by atoms with Crippen molar-refractivity contribution in [1.82, 2.24) is 0 Å². The summed E-state index contributed by atoms with van der Waals surface area (Å²) in [5, 5.41) is 9.84. The van der Waals surface area contributed by atoms with Crippen LogP contribution in [0.25, 0.3) is 0 Å². The van der Waals surface area contributed by atoms with Crippen LogP contribution in [0.1, 0.15) is 25.0 Å². The highest BCUT2D eigenvalue weighted by atomic mass is 32.2. The predicted octanol–water partition coefficient (Wildman–Crippen LogP) is 2.18. The lowest BCUT2D eigenvalue weighted by Crippen LogP contribution is -2.21. The zero-order valence-corrected chi connectivity index (χ0v) is 12.5. The van der Waals surface area contributed by atoms with Gasteiger partial charge in [-0.15, -0.1) is 0 Å². The number of nitrogens with one attached hydrogen (secondary N) is 1. The first-order chi connectivity index (χ1) is 8.71. The Morgan fingerprint density at radius 1 is 1.32 bits per heavy atom. The molecule has 1 rings (SSSR count). The minimum absolute atomic E-state index is 0.00943. The number of ether oxygens (including phenoxy) is 1. The number of sulfonamides is 1. The number of hydrogen-bond donors (Lipinski definition) is 2. The lowest BCUT2D eigenvalue weighted by Gasteiger charge is -2.13. The summed E-state index contributed by atoms with van der Waals surface area (Å²) in [5.74, 6) is -0.184. The van der Waals surface area contributed by atoms with Crippen LogP contribution < -0.4 is 4.72 Å². The Morgan fingerprint density at radius 3 is 2.53 bits per heavy atom. The fourth-order valence-electron chi connectivity index (χ4n) is 1.65. The second-order valence-electron chi connectivity index (χ2n) is 4.82. The Morgan fingerprint density at radius 2 is 1.95 bits per heavy atom. The molecule has 0 saturated carbocycles. The van der Waals surface area contributed by atoms with E-state index in [2.05, 4.69) is 4.72 Å². The number of anilines is 1. The average molecular weight is 287 g/mol. The lowest BCUT2D eigenvalue weighted by atomic mass is 10.1. The van der Waals surface area contributed by atoms with Crippen molar-refractivity contribution in [2.24, 2.45) is 0 Å². The smallest absolute Gasteiger partial charge is 0.235 e. The first-order valence-electron chi connectivity index (χ1n) is 6.13. The van der Waals surface area contributed by atoms with Crippen LogP contribution in [0.15, 0.2) is 12.1 Å². The van der Waals surface area contributed by atoms with E-state index in [9.17, 15) is 13.5 Å². The summed E-state index contributed by atoms with van der Waals surface area (Å²) in [4.78, 5) is 0. The van der Waals surface area contributed by atoms with E-state index in [-0.39, 0.29) is 29.9 Å². The molecule has 6 heteroatoms. The van der Waals surface area contributed by atoms with Gasteiger partial charge in [0, 0.05) is 0 Å². The number of aromatic hydroxyl groups is 1. The summed E-state index contributed by atoms with van der Waals surface area (Å²) in [6.45, 7) is 7.37. The van der Waals surface area contributed by atoms with Crippen molar-refractivity contribution in [2.45, 2.75) is 33.8 Å². The van der Waals surface area contributed by atoms with Crippen molar-refractivity contribution < 1.29 is 18.3 Å². The van der Waals surface area contributed by atoms with Crippen molar-refractivity contribution in [3.8, 4) is 5.75 Å². The molecule has 0 bridgehead atoms. The van der Waals surface area contributed by atoms with Gasteiger partial charge in [-0.25, -0.2) is 8.42 Å². The van der Waals surface area contributed by atoms with Gasteiger partial charge in [0.2, 0.25) is 10.0 Å². The largest absolute Gasteiger partial charge is 0.505 e. The maximum absolute atomic E-state index is 11.9. The highest BCUT2D eigenvalue weighted by molar-refractivity contribution is 7.92. The van der Waals surface area contributed by atoms with Crippen molar-refractivity contribution >= 4 is 15.7 Å². The Balaban J connectivity index is 2.78. The van der Waals surface area contributed by atoms with Crippen molar-refractivity contribution in [2.75, 3.05) is 17.1 Å². The average Bonchev–Trinajstić information content (AvgIpc) is 2.23. The Bertz CT molecular complexity index is 538. The van der Waals surface area contributed by atoms with E-state index in [1.165, 1.54) is 0 Å². The molecule has 0 aliphatic rings. The standard InChI is InChI=1S/C13H21NO4S/c1-9(2)18-5-6-19(16,17)14-12-8-10(3)7-11(4)13(12)15/h7-9,14-15H,5-6H2,1-4H3. The molecule has 5 nitrogen and oxygen atoms in total. The molecule has 2 N–H and O–H groups in total. The van der Waals surface area contributed by atoms with E-state index in [0.717, 1.165) is 5.56 Å². The van der Waals surface area contributed by atoms with Crippen LogP contribution >= 0.6 is 0 Å². The maximum Gasteiger partial charge on any atom is 0.235 e. The van der Waals surface area contributed by atoms with Crippen LogP contribution in [-0.4, -0.2) is 32.0 Å². The van der Waals surface area contributed by atoms with Gasteiger partial charge >= 0.3 is 0 Å². The summed E-state index contributed by atoms with van der Waals surface area (Å²) < 4.78 is 31.3. The minimum Gasteiger partial charge on any atom is -0.505 e. The van der Waals surface area contributed by atoms with Crippen LogP contribution in [0.2, 0.25) is 0 Å². The summed E-state index contributed by atoms with van der Waals surface area (Å²) in [6, 6.07) is 3.39. The second-order valence-corrected chi connectivity index (χ2v) is 6.66. The molecule has 0 aromatic heterocycles. The number of hydrogen-bond acceptors (Lipinski definition) is 4. The SMILES string of the molecule is Cc1cc(C)c(O)c(NS(=O)(=O)CCOC(C)C)c1. The van der Waals surface area contributed by atoms with E-state index in [1.54, 1.807) is 19.1 Å². The van der Waals surface area contributed by atoms with Crippen LogP contribution in [0.5, 0.6) is 5.75 Å². The van der Waals surface area contributed by atoms with E-state index in [4.69, 9.17) is 4.74 Å². The van der Waals surface area contributed by atoms with Gasteiger partial charge in [-0.05, 0) is 44.9 Å². The van der Waals surface area contributed by atoms with Crippen molar-refractivity contribution in [3.63, 3.8) is 0 Å². The molecule has 1 aromatic rings. The zero-order valence-electron chi connectivity index (χ0n) is 11.7. The van der Waals surface area contributed by atoms with Gasteiger partial charge in [0.25, 0.3) is 0 Å². The summed E-state index contributed by atoms with van der Waals surface area (Å²) in [6.07, 6.45) is -0.00943. The maximum atomic E-state index is 11.9. The molecule has 0 saturated heterocycles. The Hall–Kier alpha value is -1.27. The third kappa shape index (κ3) is 5.08. The third-order valence-corrected chi connectivity index (χ3v) is 3.75. The molecule has 1 aromatic carbocycles. The van der Waals surface area contributed by atoms with Gasteiger partial charge in [0.15, 0.2) is 0 Å². The molecule has 0 aliphatic heterocycles. The molecule has 0 atom stereocenters. The van der Waals surface area contributed by atoms with Gasteiger partial charge in [-0.1, -0.05) is 6.07 Å². The fraction of sp³-hybridized carbons (Fsp3) is 0.538. The molecule has 0 unspecified atom stereocenters. The Labute approximate surface area is 114 Å². The van der Waals surface area contributed by atoms with E-state index in [0.29, 0.717) is 5.56 Å². The van der Waals surface area contributed by atoms with E-state index in [1.807, 2.05) is 20.8 Å². The highest BCUT2D eigenvalue weighted by Gasteiger charge is 2.14. The lowest BCUT2D eigenvalue weighted by molar-refractivity contribution is 0.0913. The molecule has 0 fully saturated rings. The fourth-order valence-corrected chi connectivity index (χ4v) is 2.56. The number of phenols is 1. The summed E-state index contributed by atoms with van der Waals surface area (Å²) in [7, 11) is -3.52. The second kappa shape index (κ2) is 6.25. The Kier molecular flexibility index (Phi) is 5.20. The van der Waals surface area contributed by atoms with Crippen LogP contribution in [-0.2, 0) is 14.8 Å². The van der Waals surface area contributed by atoms with Crippen LogP contribution in [0.3, 0.4) is 0 Å². The normalized spacial score (nSPS) is 11.8. The van der Waals surface area contributed by atoms with Crippen LogP contribution in [0.4, 0.5) is 5.69 Å². The van der Waals surface area contributed by atoms with E-state index < -0.39 is 10.0 Å². The number of benzene rings is 1. The third-order valence-electron chi connectivity index (χ3n) is 2.51. The molecule has 0 amide bonds. The molecule has 19 heavy (non-hydrogen) atoms. The molecule has 108 valence electrons. The summed E-state index contributed by atoms with van der Waals surface area (Å²) in [5.41, 5.74) is 1.73. The summed E-state index contributed by atoms with van der Waals surface area (Å²) >= 11 is 0. The number of rotatable bonds is 6.